The third kappa shape index (κ3) is 3.45. The van der Waals surface area contributed by atoms with Gasteiger partial charge in [0.05, 0.1) is 12.0 Å². The van der Waals surface area contributed by atoms with Crippen molar-refractivity contribution in [2.75, 3.05) is 12.4 Å². The van der Waals surface area contributed by atoms with Gasteiger partial charge in [-0.3, -0.25) is 14.4 Å². The smallest absolute Gasteiger partial charge is 0.230 e. The van der Waals surface area contributed by atoms with Gasteiger partial charge in [-0.05, 0) is 36.8 Å². The lowest BCUT2D eigenvalue weighted by Crippen LogP contribution is -2.30. The third-order valence-electron chi connectivity index (χ3n) is 4.62. The summed E-state index contributed by atoms with van der Waals surface area (Å²) in [6.45, 7) is 1.50. The van der Waals surface area contributed by atoms with Crippen LogP contribution in [0.3, 0.4) is 0 Å². The molecular formula is C20H20N2O3. The molecule has 1 N–H and O–H groups in total. The lowest BCUT2D eigenvalue weighted by molar-refractivity contribution is -0.127. The maximum atomic E-state index is 12.8. The van der Waals surface area contributed by atoms with Crippen molar-refractivity contribution < 1.29 is 14.4 Å². The number of nitrogens with one attached hydrogen (secondary N) is 1. The van der Waals surface area contributed by atoms with E-state index in [2.05, 4.69) is 5.32 Å². The highest BCUT2D eigenvalue weighted by molar-refractivity contribution is 5.99. The Morgan fingerprint density at radius 1 is 1.04 bits per heavy atom. The van der Waals surface area contributed by atoms with Crippen LogP contribution >= 0.6 is 0 Å². The maximum absolute atomic E-state index is 12.8. The summed E-state index contributed by atoms with van der Waals surface area (Å²) in [5, 5.41) is 2.86. The van der Waals surface area contributed by atoms with Crippen LogP contribution in [0.25, 0.3) is 0 Å². The van der Waals surface area contributed by atoms with E-state index in [-0.39, 0.29) is 30.1 Å². The molecule has 5 heteroatoms. The average Bonchev–Trinajstić information content (AvgIpc) is 2.91. The minimum Gasteiger partial charge on any atom is -0.338 e. The molecule has 3 rings (SSSR count). The van der Waals surface area contributed by atoms with Gasteiger partial charge in [-0.2, -0.15) is 0 Å². The van der Waals surface area contributed by atoms with E-state index >= 15 is 0 Å². The minimum absolute atomic E-state index is 0.0231. The highest BCUT2D eigenvalue weighted by atomic mass is 16.2. The van der Waals surface area contributed by atoms with Crippen LogP contribution in [-0.4, -0.2) is 29.5 Å². The van der Waals surface area contributed by atoms with Crippen molar-refractivity contribution in [2.45, 2.75) is 19.4 Å². The molecule has 1 heterocycles. The molecule has 0 unspecified atom stereocenters. The zero-order valence-electron chi connectivity index (χ0n) is 14.2. The van der Waals surface area contributed by atoms with Crippen LogP contribution in [0, 0.1) is 5.92 Å². The summed E-state index contributed by atoms with van der Waals surface area (Å²) >= 11 is 0. The van der Waals surface area contributed by atoms with Crippen LogP contribution in [-0.2, 0) is 9.59 Å². The summed E-state index contributed by atoms with van der Waals surface area (Å²) in [4.78, 5) is 37.9. The van der Waals surface area contributed by atoms with Gasteiger partial charge in [-0.1, -0.05) is 30.3 Å². The quantitative estimate of drug-likeness (QED) is 0.873. The fourth-order valence-corrected chi connectivity index (χ4v) is 3.23. The van der Waals surface area contributed by atoms with E-state index in [1.807, 2.05) is 30.3 Å². The lowest BCUT2D eigenvalue weighted by Gasteiger charge is -2.25. The fraction of sp³-hybridized carbons (Fsp3) is 0.250. The zero-order valence-corrected chi connectivity index (χ0v) is 14.2. The summed E-state index contributed by atoms with van der Waals surface area (Å²) in [5.74, 6) is -0.708. The topological polar surface area (TPSA) is 66.5 Å². The summed E-state index contributed by atoms with van der Waals surface area (Å²) in [5.41, 5.74) is 2.16. The molecule has 0 spiro atoms. The number of carbonyl (C=O) groups excluding carboxylic acids is 3. The molecule has 0 radical (unpaired) electrons. The number of benzene rings is 2. The average molecular weight is 336 g/mol. The normalized spacial score (nSPS) is 19.8. The summed E-state index contributed by atoms with van der Waals surface area (Å²) < 4.78 is 0. The Morgan fingerprint density at radius 2 is 1.68 bits per heavy atom. The Labute approximate surface area is 146 Å². The Bertz CT molecular complexity index is 799. The number of hydrogen-bond donors (Lipinski definition) is 1. The molecule has 0 aromatic heterocycles. The largest absolute Gasteiger partial charge is 0.338 e. The monoisotopic (exact) mass is 336 g/mol. The molecule has 128 valence electrons. The van der Waals surface area contributed by atoms with Crippen molar-refractivity contribution in [3.05, 3.63) is 65.7 Å². The molecule has 2 amide bonds. The predicted octanol–water partition coefficient (Wildman–Crippen LogP) is 3.05. The van der Waals surface area contributed by atoms with Crippen LogP contribution < -0.4 is 5.32 Å². The van der Waals surface area contributed by atoms with Gasteiger partial charge in [0.1, 0.15) is 0 Å². The molecule has 2 aromatic carbocycles. The van der Waals surface area contributed by atoms with E-state index in [1.54, 1.807) is 36.2 Å². The molecule has 1 aliphatic heterocycles. The third-order valence-corrected chi connectivity index (χ3v) is 4.62. The molecule has 5 nitrogen and oxygen atoms in total. The molecular weight excluding hydrogens is 316 g/mol. The molecule has 2 atom stereocenters. The van der Waals surface area contributed by atoms with Gasteiger partial charge in [0.15, 0.2) is 5.78 Å². The number of hydrogen-bond acceptors (Lipinski definition) is 3. The first kappa shape index (κ1) is 16.9. The van der Waals surface area contributed by atoms with Crippen molar-refractivity contribution in [1.29, 1.82) is 0 Å². The van der Waals surface area contributed by atoms with Crippen molar-refractivity contribution in [3.63, 3.8) is 0 Å². The molecule has 1 saturated heterocycles. The Kier molecular flexibility index (Phi) is 4.65. The zero-order chi connectivity index (χ0) is 18.0. The first-order chi connectivity index (χ1) is 12.0. The second-order valence-corrected chi connectivity index (χ2v) is 6.29. The number of rotatable bonds is 4. The van der Waals surface area contributed by atoms with Crippen LogP contribution in [0.4, 0.5) is 5.69 Å². The van der Waals surface area contributed by atoms with E-state index in [9.17, 15) is 14.4 Å². The predicted molar refractivity (Wildman–Crippen MR) is 95.1 cm³/mol. The van der Waals surface area contributed by atoms with Gasteiger partial charge < -0.3 is 10.2 Å². The van der Waals surface area contributed by atoms with E-state index in [0.717, 1.165) is 5.56 Å². The molecule has 1 fully saturated rings. The van der Waals surface area contributed by atoms with Gasteiger partial charge in [0.2, 0.25) is 11.8 Å². The van der Waals surface area contributed by atoms with E-state index in [1.165, 1.54) is 6.92 Å². The van der Waals surface area contributed by atoms with E-state index in [4.69, 9.17) is 0 Å². The molecule has 25 heavy (non-hydrogen) atoms. The maximum Gasteiger partial charge on any atom is 0.230 e. The lowest BCUT2D eigenvalue weighted by atomic mass is 9.93. The number of nitrogens with zero attached hydrogens (tertiary/aromatic N) is 1. The summed E-state index contributed by atoms with van der Waals surface area (Å²) in [7, 11) is 1.73. The fourth-order valence-electron chi connectivity index (χ4n) is 3.23. The van der Waals surface area contributed by atoms with Gasteiger partial charge in [-0.25, -0.2) is 0 Å². The second-order valence-electron chi connectivity index (χ2n) is 6.29. The number of Topliss-reactive ketones (excluding diaryl/α,β-unsaturated/α-hetero) is 1. The van der Waals surface area contributed by atoms with Gasteiger partial charge in [-0.15, -0.1) is 0 Å². The SMILES string of the molecule is CC(=O)c1ccc(NC(=O)[C@@H]2CC(=O)N(C)[C@H]2c2ccccc2)cc1. The van der Waals surface area contributed by atoms with Crippen molar-refractivity contribution in [2.24, 2.45) is 5.92 Å². The molecule has 0 aliphatic carbocycles. The van der Waals surface area contributed by atoms with E-state index in [0.29, 0.717) is 11.3 Å². The Hall–Kier alpha value is -2.95. The number of carbonyl (C=O) groups is 3. The molecule has 0 saturated carbocycles. The van der Waals surface area contributed by atoms with Crippen LogP contribution in [0.1, 0.15) is 35.3 Å². The van der Waals surface area contributed by atoms with Crippen LogP contribution in [0.2, 0.25) is 0 Å². The van der Waals surface area contributed by atoms with Crippen molar-refractivity contribution in [1.82, 2.24) is 4.90 Å². The molecule has 1 aliphatic rings. The number of ketones is 1. The van der Waals surface area contributed by atoms with Crippen LogP contribution in [0.15, 0.2) is 54.6 Å². The standard InChI is InChI=1S/C20H20N2O3/c1-13(23)14-8-10-16(11-9-14)21-20(25)17-12-18(24)22(2)19(17)15-6-4-3-5-7-15/h3-11,17,19H,12H2,1-2H3,(H,21,25)/t17-,19+/m1/s1. The Morgan fingerprint density at radius 3 is 2.28 bits per heavy atom. The van der Waals surface area contributed by atoms with Gasteiger partial charge >= 0.3 is 0 Å². The number of amides is 2. The Balaban J connectivity index is 1.80. The minimum atomic E-state index is -0.451. The second kappa shape index (κ2) is 6.89. The highest BCUT2D eigenvalue weighted by Crippen LogP contribution is 2.37. The van der Waals surface area contributed by atoms with Gasteiger partial charge in [0, 0.05) is 24.7 Å². The van der Waals surface area contributed by atoms with E-state index < -0.39 is 5.92 Å². The highest BCUT2D eigenvalue weighted by Gasteiger charge is 2.42. The first-order valence-corrected chi connectivity index (χ1v) is 8.20. The first-order valence-electron chi connectivity index (χ1n) is 8.20. The van der Waals surface area contributed by atoms with Crippen LogP contribution in [0.5, 0.6) is 0 Å². The number of likely N-dealkylation sites (tertiary alicyclic amines) is 1. The molecule has 0 bridgehead atoms. The van der Waals surface area contributed by atoms with Gasteiger partial charge in [0.25, 0.3) is 0 Å². The van der Waals surface area contributed by atoms with Crippen molar-refractivity contribution in [3.8, 4) is 0 Å². The number of anilines is 1. The summed E-state index contributed by atoms with van der Waals surface area (Å²) in [6.07, 6.45) is 0.188. The van der Waals surface area contributed by atoms with Crippen molar-refractivity contribution >= 4 is 23.3 Å². The summed E-state index contributed by atoms with van der Waals surface area (Å²) in [6, 6.07) is 16.1. The molecule has 2 aromatic rings.